The highest BCUT2D eigenvalue weighted by atomic mass is 19.2. The van der Waals surface area contributed by atoms with E-state index in [0.29, 0.717) is 29.4 Å². The van der Waals surface area contributed by atoms with Gasteiger partial charge in [0.1, 0.15) is 0 Å². The van der Waals surface area contributed by atoms with Crippen LogP contribution in [0.3, 0.4) is 0 Å². The number of halogens is 2. The van der Waals surface area contributed by atoms with Crippen molar-refractivity contribution in [1.29, 1.82) is 0 Å². The average molecular weight is 431 g/mol. The molecule has 3 aliphatic rings. The lowest BCUT2D eigenvalue weighted by Crippen LogP contribution is -2.21. The maximum absolute atomic E-state index is 14.9. The Morgan fingerprint density at radius 3 is 1.29 bits per heavy atom. The highest BCUT2D eigenvalue weighted by Gasteiger charge is 2.27. The van der Waals surface area contributed by atoms with Crippen LogP contribution in [-0.4, -0.2) is 0 Å². The van der Waals surface area contributed by atoms with E-state index in [-0.39, 0.29) is 0 Å². The quantitative estimate of drug-likeness (QED) is 0.422. The molecule has 0 amide bonds. The first-order chi connectivity index (χ1) is 15.0. The van der Waals surface area contributed by atoms with Crippen LogP contribution in [0.25, 0.3) is 0 Å². The third-order valence-electron chi connectivity index (χ3n) is 9.16. The zero-order valence-corrected chi connectivity index (χ0v) is 20.0. The molecule has 0 heterocycles. The Kier molecular flexibility index (Phi) is 8.10. The van der Waals surface area contributed by atoms with Crippen LogP contribution in [0.4, 0.5) is 8.78 Å². The molecule has 1 aromatic carbocycles. The van der Waals surface area contributed by atoms with Crippen molar-refractivity contribution in [3.05, 3.63) is 34.9 Å². The van der Waals surface area contributed by atoms with Gasteiger partial charge >= 0.3 is 0 Å². The third kappa shape index (κ3) is 6.32. The molecule has 0 unspecified atom stereocenters. The summed E-state index contributed by atoms with van der Waals surface area (Å²) in [7, 11) is 0. The topological polar surface area (TPSA) is 0 Å². The van der Waals surface area contributed by atoms with Crippen molar-refractivity contribution < 1.29 is 8.78 Å². The first kappa shape index (κ1) is 23.2. The van der Waals surface area contributed by atoms with E-state index >= 15 is 0 Å². The van der Waals surface area contributed by atoms with E-state index in [0.717, 1.165) is 42.9 Å². The van der Waals surface area contributed by atoms with Crippen molar-refractivity contribution in [3.63, 3.8) is 0 Å². The SMILES string of the molecule is CC1CCC(Cc2ccc(CC3CCC(CC4CCC(C)CC4)CC3)c(F)c2F)CC1. The van der Waals surface area contributed by atoms with Gasteiger partial charge in [-0.2, -0.15) is 0 Å². The summed E-state index contributed by atoms with van der Waals surface area (Å²) >= 11 is 0. The fraction of sp³-hybridized carbons (Fsp3) is 0.793. The van der Waals surface area contributed by atoms with E-state index < -0.39 is 11.6 Å². The summed E-state index contributed by atoms with van der Waals surface area (Å²) < 4.78 is 29.7. The molecular weight excluding hydrogens is 386 g/mol. The Hall–Kier alpha value is -0.920. The van der Waals surface area contributed by atoms with Gasteiger partial charge < -0.3 is 0 Å². The first-order valence-electron chi connectivity index (χ1n) is 13.4. The van der Waals surface area contributed by atoms with Crippen LogP contribution in [-0.2, 0) is 12.8 Å². The molecule has 0 saturated heterocycles. The van der Waals surface area contributed by atoms with Gasteiger partial charge in [0.25, 0.3) is 0 Å². The predicted octanol–water partition coefficient (Wildman–Crippen LogP) is 8.90. The lowest BCUT2D eigenvalue weighted by Gasteiger charge is -2.33. The maximum Gasteiger partial charge on any atom is 0.162 e. The van der Waals surface area contributed by atoms with Crippen molar-refractivity contribution in [2.45, 2.75) is 110 Å². The average Bonchev–Trinajstić information content (AvgIpc) is 2.78. The van der Waals surface area contributed by atoms with Crippen LogP contribution in [0.1, 0.15) is 108 Å². The highest BCUT2D eigenvalue weighted by Crippen LogP contribution is 2.39. The minimum absolute atomic E-state index is 0.526. The maximum atomic E-state index is 14.9. The summed E-state index contributed by atoms with van der Waals surface area (Å²) in [4.78, 5) is 0. The molecule has 3 fully saturated rings. The summed E-state index contributed by atoms with van der Waals surface area (Å²) in [6.07, 6.45) is 18.3. The Morgan fingerprint density at radius 1 is 0.548 bits per heavy atom. The Bertz CT molecular complexity index is 687. The van der Waals surface area contributed by atoms with Gasteiger partial charge in [-0.1, -0.05) is 77.3 Å². The molecule has 0 spiro atoms. The summed E-state index contributed by atoms with van der Waals surface area (Å²) in [5, 5.41) is 0. The van der Waals surface area contributed by atoms with Crippen LogP contribution >= 0.6 is 0 Å². The molecule has 0 N–H and O–H groups in total. The molecule has 0 atom stereocenters. The lowest BCUT2D eigenvalue weighted by atomic mass is 9.72. The molecule has 3 saturated carbocycles. The lowest BCUT2D eigenvalue weighted by molar-refractivity contribution is 0.195. The molecule has 0 aromatic heterocycles. The second-order valence-corrected chi connectivity index (χ2v) is 11.8. The molecule has 0 nitrogen and oxygen atoms in total. The molecule has 0 bridgehead atoms. The van der Waals surface area contributed by atoms with E-state index in [1.807, 2.05) is 12.1 Å². The van der Waals surface area contributed by atoms with E-state index in [1.54, 1.807) is 0 Å². The first-order valence-corrected chi connectivity index (χ1v) is 13.4. The highest BCUT2D eigenvalue weighted by molar-refractivity contribution is 5.27. The zero-order valence-electron chi connectivity index (χ0n) is 20.0. The molecule has 4 rings (SSSR count). The third-order valence-corrected chi connectivity index (χ3v) is 9.16. The van der Waals surface area contributed by atoms with Crippen LogP contribution < -0.4 is 0 Å². The van der Waals surface area contributed by atoms with Crippen molar-refractivity contribution in [2.24, 2.45) is 35.5 Å². The monoisotopic (exact) mass is 430 g/mol. The molecule has 3 aliphatic carbocycles. The summed E-state index contributed by atoms with van der Waals surface area (Å²) in [6, 6.07) is 3.79. The minimum Gasteiger partial charge on any atom is -0.203 e. The minimum atomic E-state index is -0.559. The van der Waals surface area contributed by atoms with Crippen LogP contribution in [0.5, 0.6) is 0 Å². The second-order valence-electron chi connectivity index (χ2n) is 11.8. The zero-order chi connectivity index (χ0) is 21.8. The normalized spacial score (nSPS) is 34.6. The van der Waals surface area contributed by atoms with E-state index in [1.165, 1.54) is 70.6 Å². The smallest absolute Gasteiger partial charge is 0.162 e. The fourth-order valence-corrected chi connectivity index (χ4v) is 6.81. The van der Waals surface area contributed by atoms with Gasteiger partial charge in [-0.25, -0.2) is 8.78 Å². The summed E-state index contributed by atoms with van der Waals surface area (Å²) in [5.41, 5.74) is 1.22. The molecule has 174 valence electrons. The molecular formula is C29H44F2. The Labute approximate surface area is 189 Å². The van der Waals surface area contributed by atoms with Gasteiger partial charge in [-0.3, -0.25) is 0 Å². The van der Waals surface area contributed by atoms with Gasteiger partial charge in [0.05, 0.1) is 0 Å². The fourth-order valence-electron chi connectivity index (χ4n) is 6.81. The standard InChI is InChI=1S/C29H44F2/c1-20-3-7-22(8-4-20)17-23-11-13-25(14-12-23)19-27-16-15-26(28(30)29(27)31)18-24-9-5-21(2)6-10-24/h15-16,20-25H,3-14,17-19H2,1-2H3. The molecule has 0 aliphatic heterocycles. The van der Waals surface area contributed by atoms with Gasteiger partial charge in [0.15, 0.2) is 11.6 Å². The van der Waals surface area contributed by atoms with Gasteiger partial charge in [0, 0.05) is 0 Å². The van der Waals surface area contributed by atoms with E-state index in [2.05, 4.69) is 13.8 Å². The largest absolute Gasteiger partial charge is 0.203 e. The van der Waals surface area contributed by atoms with Gasteiger partial charge in [-0.05, 0) is 91.6 Å². The Balaban J connectivity index is 1.25. The predicted molar refractivity (Wildman–Crippen MR) is 126 cm³/mol. The Morgan fingerprint density at radius 2 is 0.871 bits per heavy atom. The number of rotatable bonds is 6. The molecule has 2 heteroatoms. The molecule has 31 heavy (non-hydrogen) atoms. The number of hydrogen-bond acceptors (Lipinski definition) is 0. The number of benzene rings is 1. The molecule has 1 aromatic rings. The summed E-state index contributed by atoms with van der Waals surface area (Å²) in [6.45, 7) is 4.70. The van der Waals surface area contributed by atoms with E-state index in [4.69, 9.17) is 0 Å². The van der Waals surface area contributed by atoms with Crippen molar-refractivity contribution in [2.75, 3.05) is 0 Å². The van der Waals surface area contributed by atoms with Crippen LogP contribution in [0.15, 0.2) is 12.1 Å². The van der Waals surface area contributed by atoms with Gasteiger partial charge in [-0.15, -0.1) is 0 Å². The van der Waals surface area contributed by atoms with Crippen LogP contribution in [0.2, 0.25) is 0 Å². The number of hydrogen-bond donors (Lipinski definition) is 0. The van der Waals surface area contributed by atoms with Crippen LogP contribution in [0, 0.1) is 47.1 Å². The van der Waals surface area contributed by atoms with Crippen molar-refractivity contribution in [1.82, 2.24) is 0 Å². The van der Waals surface area contributed by atoms with Gasteiger partial charge in [0.2, 0.25) is 0 Å². The molecule has 0 radical (unpaired) electrons. The summed E-state index contributed by atoms with van der Waals surface area (Å²) in [5.74, 6) is 3.49. The van der Waals surface area contributed by atoms with E-state index in [9.17, 15) is 8.78 Å². The van der Waals surface area contributed by atoms with Crippen molar-refractivity contribution >= 4 is 0 Å². The van der Waals surface area contributed by atoms with Crippen molar-refractivity contribution in [3.8, 4) is 0 Å². The second kappa shape index (κ2) is 10.8.